The number of amides is 2. The van der Waals surface area contributed by atoms with E-state index < -0.39 is 0 Å². The van der Waals surface area contributed by atoms with Crippen LogP contribution in [-0.4, -0.2) is 61.3 Å². The molecule has 4 rings (SSSR count). The Bertz CT molecular complexity index is 729. The number of benzene rings is 1. The van der Waals surface area contributed by atoms with E-state index in [-0.39, 0.29) is 12.1 Å². The van der Waals surface area contributed by atoms with Crippen LogP contribution in [0.25, 0.3) is 0 Å². The van der Waals surface area contributed by atoms with Crippen LogP contribution in [0.15, 0.2) is 41.8 Å². The number of hydrogen-bond donors (Lipinski definition) is 1. The quantitative estimate of drug-likeness (QED) is 0.894. The van der Waals surface area contributed by atoms with Crippen molar-refractivity contribution < 1.29 is 14.3 Å². The van der Waals surface area contributed by atoms with Crippen molar-refractivity contribution in [2.24, 2.45) is 0 Å². The van der Waals surface area contributed by atoms with E-state index in [0.29, 0.717) is 13.2 Å². The number of piperazine rings is 1. The average molecular weight is 373 g/mol. The molecule has 7 heteroatoms. The van der Waals surface area contributed by atoms with Gasteiger partial charge in [0.1, 0.15) is 6.61 Å². The van der Waals surface area contributed by atoms with Crippen molar-refractivity contribution in [3.05, 3.63) is 46.7 Å². The number of fused-ring (bicyclic) bond motifs is 1. The number of carbonyl (C=O) groups is 1. The molecule has 1 unspecified atom stereocenters. The molecule has 1 atom stereocenters. The number of carbonyl (C=O) groups excluding carboxylic acids is 1. The Morgan fingerprint density at radius 1 is 1.12 bits per heavy atom. The van der Waals surface area contributed by atoms with Crippen molar-refractivity contribution >= 4 is 17.4 Å². The summed E-state index contributed by atoms with van der Waals surface area (Å²) in [4.78, 5) is 18.1. The molecular weight excluding hydrogens is 350 g/mol. The van der Waals surface area contributed by atoms with Crippen molar-refractivity contribution in [3.8, 4) is 11.5 Å². The smallest absolute Gasteiger partial charge is 0.317 e. The van der Waals surface area contributed by atoms with E-state index in [0.717, 1.165) is 44.2 Å². The van der Waals surface area contributed by atoms with Crippen molar-refractivity contribution in [1.29, 1.82) is 0 Å². The Labute approximate surface area is 157 Å². The Morgan fingerprint density at radius 3 is 2.69 bits per heavy atom. The molecule has 138 valence electrons. The van der Waals surface area contributed by atoms with Gasteiger partial charge in [-0.1, -0.05) is 18.2 Å². The molecule has 2 amide bonds. The fraction of sp³-hybridized carbons (Fsp3) is 0.421. The zero-order valence-corrected chi connectivity index (χ0v) is 15.4. The molecule has 0 saturated carbocycles. The molecule has 1 N–H and O–H groups in total. The number of para-hydroxylation sites is 2. The van der Waals surface area contributed by atoms with Crippen molar-refractivity contribution in [1.82, 2.24) is 15.1 Å². The summed E-state index contributed by atoms with van der Waals surface area (Å²) in [6.45, 7) is 5.18. The molecule has 1 saturated heterocycles. The van der Waals surface area contributed by atoms with E-state index in [1.165, 1.54) is 4.88 Å². The van der Waals surface area contributed by atoms with Crippen LogP contribution < -0.4 is 14.8 Å². The van der Waals surface area contributed by atoms with Gasteiger partial charge in [0.2, 0.25) is 0 Å². The molecule has 0 aliphatic carbocycles. The first-order valence-electron chi connectivity index (χ1n) is 8.94. The molecular formula is C19H23N3O3S. The molecule has 0 radical (unpaired) electrons. The monoisotopic (exact) mass is 373 g/mol. The summed E-state index contributed by atoms with van der Waals surface area (Å²) >= 11 is 1.78. The lowest BCUT2D eigenvalue weighted by Crippen LogP contribution is -2.53. The van der Waals surface area contributed by atoms with Crippen LogP contribution in [-0.2, 0) is 6.54 Å². The number of ether oxygens (including phenoxy) is 2. The van der Waals surface area contributed by atoms with E-state index >= 15 is 0 Å². The van der Waals surface area contributed by atoms with E-state index in [1.807, 2.05) is 29.2 Å². The maximum Gasteiger partial charge on any atom is 0.317 e. The number of rotatable bonds is 4. The van der Waals surface area contributed by atoms with Gasteiger partial charge < -0.3 is 19.7 Å². The molecule has 0 bridgehead atoms. The second kappa shape index (κ2) is 7.97. The van der Waals surface area contributed by atoms with Crippen LogP contribution in [0.3, 0.4) is 0 Å². The van der Waals surface area contributed by atoms with Gasteiger partial charge in [0.15, 0.2) is 17.6 Å². The molecule has 3 heterocycles. The van der Waals surface area contributed by atoms with E-state index in [1.54, 1.807) is 11.3 Å². The minimum atomic E-state index is -0.158. The maximum absolute atomic E-state index is 12.4. The second-order valence-electron chi connectivity index (χ2n) is 6.53. The molecule has 2 aromatic rings. The zero-order chi connectivity index (χ0) is 17.8. The number of hydrogen-bond acceptors (Lipinski definition) is 5. The summed E-state index contributed by atoms with van der Waals surface area (Å²) in [6, 6.07) is 11.8. The highest BCUT2D eigenvalue weighted by Gasteiger charge is 2.24. The van der Waals surface area contributed by atoms with Gasteiger partial charge in [0.05, 0.1) is 6.54 Å². The van der Waals surface area contributed by atoms with Gasteiger partial charge in [0, 0.05) is 37.6 Å². The Kier molecular flexibility index (Phi) is 5.26. The molecule has 0 spiro atoms. The molecule has 26 heavy (non-hydrogen) atoms. The highest BCUT2D eigenvalue weighted by molar-refractivity contribution is 7.09. The minimum absolute atomic E-state index is 0.0248. The fourth-order valence-electron chi connectivity index (χ4n) is 3.21. The Hall–Kier alpha value is -2.25. The summed E-state index contributed by atoms with van der Waals surface area (Å²) in [7, 11) is 0. The highest BCUT2D eigenvalue weighted by atomic mass is 32.1. The third-order valence-corrected chi connectivity index (χ3v) is 5.53. The molecule has 1 aromatic carbocycles. The standard InChI is InChI=1S/C19H23N3O3S/c23-19(20-12-15-14-24-17-5-1-2-6-18(17)25-15)22-9-7-21(8-10-22)13-16-4-3-11-26-16/h1-6,11,15H,7-10,12-14H2,(H,20,23). The van der Waals surface area contributed by atoms with Gasteiger partial charge in [-0.3, -0.25) is 4.90 Å². The lowest BCUT2D eigenvalue weighted by atomic mass is 10.2. The fourth-order valence-corrected chi connectivity index (χ4v) is 3.95. The van der Waals surface area contributed by atoms with Gasteiger partial charge in [-0.15, -0.1) is 11.3 Å². The van der Waals surface area contributed by atoms with Crippen LogP contribution in [0.5, 0.6) is 11.5 Å². The molecule has 2 aliphatic rings. The molecule has 1 fully saturated rings. The summed E-state index contributed by atoms with van der Waals surface area (Å²) in [5, 5.41) is 5.08. The van der Waals surface area contributed by atoms with Crippen molar-refractivity contribution in [2.75, 3.05) is 39.3 Å². The van der Waals surface area contributed by atoms with Crippen LogP contribution in [0.4, 0.5) is 4.79 Å². The Morgan fingerprint density at radius 2 is 1.92 bits per heavy atom. The highest BCUT2D eigenvalue weighted by Crippen LogP contribution is 2.30. The van der Waals surface area contributed by atoms with Gasteiger partial charge in [-0.05, 0) is 23.6 Å². The van der Waals surface area contributed by atoms with Gasteiger partial charge in [-0.2, -0.15) is 0 Å². The molecule has 1 aromatic heterocycles. The normalized spacial score (nSPS) is 20.0. The molecule has 2 aliphatic heterocycles. The topological polar surface area (TPSA) is 54.0 Å². The maximum atomic E-state index is 12.4. The van der Waals surface area contributed by atoms with E-state index in [2.05, 4.69) is 27.7 Å². The third-order valence-electron chi connectivity index (χ3n) is 4.67. The Balaban J connectivity index is 1.20. The first kappa shape index (κ1) is 17.2. The number of urea groups is 1. The van der Waals surface area contributed by atoms with Crippen LogP contribution in [0, 0.1) is 0 Å². The van der Waals surface area contributed by atoms with Crippen LogP contribution in [0.1, 0.15) is 4.88 Å². The summed E-state index contributed by atoms with van der Waals surface area (Å²) in [5.41, 5.74) is 0. The second-order valence-corrected chi connectivity index (χ2v) is 7.56. The van der Waals surface area contributed by atoms with Gasteiger partial charge >= 0.3 is 6.03 Å². The summed E-state index contributed by atoms with van der Waals surface area (Å²) in [5.74, 6) is 1.50. The minimum Gasteiger partial charge on any atom is -0.486 e. The molecule has 6 nitrogen and oxygen atoms in total. The van der Waals surface area contributed by atoms with Gasteiger partial charge in [0.25, 0.3) is 0 Å². The van der Waals surface area contributed by atoms with Crippen molar-refractivity contribution in [2.45, 2.75) is 12.6 Å². The number of thiophene rings is 1. The first-order chi connectivity index (χ1) is 12.8. The average Bonchev–Trinajstić information content (AvgIpc) is 3.19. The van der Waals surface area contributed by atoms with Crippen LogP contribution >= 0.6 is 11.3 Å². The predicted octanol–water partition coefficient (Wildman–Crippen LogP) is 2.42. The van der Waals surface area contributed by atoms with E-state index in [9.17, 15) is 4.79 Å². The number of nitrogens with zero attached hydrogens (tertiary/aromatic N) is 2. The van der Waals surface area contributed by atoms with E-state index in [4.69, 9.17) is 9.47 Å². The first-order valence-corrected chi connectivity index (χ1v) is 9.82. The summed E-state index contributed by atoms with van der Waals surface area (Å²) < 4.78 is 11.6. The largest absolute Gasteiger partial charge is 0.486 e. The SMILES string of the molecule is O=C(NCC1COc2ccccc2O1)N1CCN(Cc2cccs2)CC1. The predicted molar refractivity (Wildman–Crippen MR) is 101 cm³/mol. The van der Waals surface area contributed by atoms with Crippen molar-refractivity contribution in [3.63, 3.8) is 0 Å². The zero-order valence-electron chi connectivity index (χ0n) is 14.6. The van der Waals surface area contributed by atoms with Gasteiger partial charge in [-0.25, -0.2) is 4.79 Å². The summed E-state index contributed by atoms with van der Waals surface area (Å²) in [6.07, 6.45) is -0.158. The number of nitrogens with one attached hydrogen (secondary N) is 1. The van der Waals surface area contributed by atoms with Crippen LogP contribution in [0.2, 0.25) is 0 Å². The lowest BCUT2D eigenvalue weighted by molar-refractivity contribution is 0.0877. The lowest BCUT2D eigenvalue weighted by Gasteiger charge is -2.35. The third kappa shape index (κ3) is 4.11.